The van der Waals surface area contributed by atoms with Crippen LogP contribution >= 0.6 is 0 Å². The Hall–Kier alpha value is -4.92. The summed E-state index contributed by atoms with van der Waals surface area (Å²) in [4.78, 5) is 37.8. The molecular weight excluding hydrogens is 472 g/mol. The lowest BCUT2D eigenvalue weighted by atomic mass is 10.1. The number of hydrazone groups is 1. The maximum Gasteiger partial charge on any atom is 0.329 e. The number of fused-ring (bicyclic) bond motifs is 1. The number of aromatic nitrogens is 1. The van der Waals surface area contributed by atoms with E-state index in [1.54, 1.807) is 60.7 Å². The average molecular weight is 499 g/mol. The summed E-state index contributed by atoms with van der Waals surface area (Å²) >= 11 is 0. The number of nitrogens with one attached hydrogen (secondary N) is 2. The monoisotopic (exact) mass is 498 g/mol. The second kappa shape index (κ2) is 10.8. The normalized spacial score (nSPS) is 11.0. The molecule has 2 amide bonds. The number of aryl methyl sites for hydroxylation is 2. The van der Waals surface area contributed by atoms with Crippen molar-refractivity contribution in [2.24, 2.45) is 5.10 Å². The van der Waals surface area contributed by atoms with E-state index in [4.69, 9.17) is 4.74 Å². The molecule has 0 spiro atoms. The summed E-state index contributed by atoms with van der Waals surface area (Å²) in [6.45, 7) is 6.21. The standard InChI is InChI=1S/C28H26N4O5/c1-4-37-21-13-11-20(12-14-21)32-27(35)23-8-6-5-7-22(23)24(28(32)36)16-29-31-26(34)25(33)30-19-10-9-17(2)18(3)15-19/h5-16,36H,4H2,1-3H3,(H,30,33)(H,31,34)/b29-16-. The number of hydrogen-bond donors (Lipinski definition) is 3. The van der Waals surface area contributed by atoms with E-state index in [9.17, 15) is 19.5 Å². The summed E-state index contributed by atoms with van der Waals surface area (Å²) in [6, 6.07) is 18.7. The van der Waals surface area contributed by atoms with Gasteiger partial charge < -0.3 is 15.2 Å². The lowest BCUT2D eigenvalue weighted by Crippen LogP contribution is -2.32. The Morgan fingerprint density at radius 3 is 2.35 bits per heavy atom. The fourth-order valence-corrected chi connectivity index (χ4v) is 3.80. The van der Waals surface area contributed by atoms with Gasteiger partial charge >= 0.3 is 11.8 Å². The van der Waals surface area contributed by atoms with Gasteiger partial charge in [-0.2, -0.15) is 5.10 Å². The molecule has 3 N–H and O–H groups in total. The van der Waals surface area contributed by atoms with Gasteiger partial charge in [-0.15, -0.1) is 0 Å². The van der Waals surface area contributed by atoms with Crippen molar-refractivity contribution in [3.8, 4) is 17.3 Å². The number of pyridine rings is 1. The second-order valence-corrected chi connectivity index (χ2v) is 8.30. The van der Waals surface area contributed by atoms with Crippen molar-refractivity contribution in [3.63, 3.8) is 0 Å². The number of benzene rings is 3. The van der Waals surface area contributed by atoms with E-state index >= 15 is 0 Å². The summed E-state index contributed by atoms with van der Waals surface area (Å²) in [5.74, 6) is -1.62. The zero-order valence-electron chi connectivity index (χ0n) is 20.6. The van der Waals surface area contributed by atoms with Gasteiger partial charge in [-0.3, -0.25) is 14.4 Å². The zero-order valence-corrected chi connectivity index (χ0v) is 20.6. The molecule has 1 aromatic heterocycles. The first-order valence-corrected chi connectivity index (χ1v) is 11.6. The fraction of sp³-hybridized carbons (Fsp3) is 0.143. The molecule has 0 aliphatic rings. The van der Waals surface area contributed by atoms with Crippen LogP contribution in [0.25, 0.3) is 16.5 Å². The maximum absolute atomic E-state index is 13.2. The average Bonchev–Trinajstić information content (AvgIpc) is 2.89. The minimum atomic E-state index is -0.988. The molecule has 0 radical (unpaired) electrons. The van der Waals surface area contributed by atoms with Gasteiger partial charge in [-0.05, 0) is 74.4 Å². The third-order valence-electron chi connectivity index (χ3n) is 5.84. The molecule has 9 nitrogen and oxygen atoms in total. The second-order valence-electron chi connectivity index (χ2n) is 8.30. The van der Waals surface area contributed by atoms with Crippen LogP contribution < -0.4 is 21.0 Å². The highest BCUT2D eigenvalue weighted by Crippen LogP contribution is 2.26. The summed E-state index contributed by atoms with van der Waals surface area (Å²) in [6.07, 6.45) is 1.20. The topological polar surface area (TPSA) is 122 Å². The van der Waals surface area contributed by atoms with Crippen LogP contribution in [0.15, 0.2) is 76.6 Å². The van der Waals surface area contributed by atoms with Crippen molar-refractivity contribution >= 4 is 34.5 Å². The number of ether oxygens (including phenoxy) is 1. The first-order valence-electron chi connectivity index (χ1n) is 11.6. The molecule has 0 aliphatic carbocycles. The summed E-state index contributed by atoms with van der Waals surface area (Å²) in [7, 11) is 0. The van der Waals surface area contributed by atoms with Crippen molar-refractivity contribution in [2.45, 2.75) is 20.8 Å². The van der Waals surface area contributed by atoms with Crippen LogP contribution in [0.2, 0.25) is 0 Å². The molecule has 3 aromatic carbocycles. The molecule has 0 aliphatic heterocycles. The lowest BCUT2D eigenvalue weighted by molar-refractivity contribution is -0.136. The van der Waals surface area contributed by atoms with Crippen LogP contribution in [0.1, 0.15) is 23.6 Å². The molecule has 1 heterocycles. The maximum atomic E-state index is 13.2. The highest BCUT2D eigenvalue weighted by molar-refractivity contribution is 6.39. The Morgan fingerprint density at radius 1 is 0.973 bits per heavy atom. The van der Waals surface area contributed by atoms with E-state index in [0.717, 1.165) is 15.7 Å². The van der Waals surface area contributed by atoms with E-state index in [2.05, 4.69) is 15.8 Å². The van der Waals surface area contributed by atoms with Crippen LogP contribution in [-0.2, 0) is 9.59 Å². The number of amides is 2. The Balaban J connectivity index is 1.62. The highest BCUT2D eigenvalue weighted by atomic mass is 16.5. The molecule has 188 valence electrons. The number of aromatic hydroxyl groups is 1. The van der Waals surface area contributed by atoms with Gasteiger partial charge in [0.15, 0.2) is 0 Å². The molecule has 4 rings (SSSR count). The summed E-state index contributed by atoms with van der Waals surface area (Å²) in [5, 5.41) is 18.2. The first-order chi connectivity index (χ1) is 17.8. The summed E-state index contributed by atoms with van der Waals surface area (Å²) in [5.41, 5.74) is 4.87. The highest BCUT2D eigenvalue weighted by Gasteiger charge is 2.17. The van der Waals surface area contributed by atoms with E-state index in [1.165, 1.54) is 6.21 Å². The van der Waals surface area contributed by atoms with Gasteiger partial charge in [0.25, 0.3) is 5.56 Å². The van der Waals surface area contributed by atoms with Crippen molar-refractivity contribution in [2.75, 3.05) is 11.9 Å². The Labute approximate surface area is 213 Å². The smallest absolute Gasteiger partial charge is 0.329 e. The SMILES string of the molecule is CCOc1ccc(-n2c(O)c(/C=N\NC(=O)C(=O)Nc3ccc(C)c(C)c3)c3ccccc3c2=O)cc1. The van der Waals surface area contributed by atoms with Crippen molar-refractivity contribution in [1.29, 1.82) is 0 Å². The van der Waals surface area contributed by atoms with Gasteiger partial charge in [0.2, 0.25) is 5.88 Å². The Morgan fingerprint density at radius 2 is 1.68 bits per heavy atom. The van der Waals surface area contributed by atoms with Gasteiger partial charge in [-0.25, -0.2) is 9.99 Å². The number of rotatable bonds is 6. The molecule has 4 aromatic rings. The lowest BCUT2D eigenvalue weighted by Gasteiger charge is -2.14. The van der Waals surface area contributed by atoms with Crippen LogP contribution in [0.3, 0.4) is 0 Å². The molecule has 37 heavy (non-hydrogen) atoms. The Kier molecular flexibility index (Phi) is 7.34. The predicted octanol–water partition coefficient (Wildman–Crippen LogP) is 3.80. The van der Waals surface area contributed by atoms with Crippen molar-refractivity contribution in [1.82, 2.24) is 9.99 Å². The number of hydrogen-bond acceptors (Lipinski definition) is 6. The van der Waals surface area contributed by atoms with E-state index in [1.807, 2.05) is 26.8 Å². The molecule has 0 atom stereocenters. The van der Waals surface area contributed by atoms with Crippen LogP contribution in [0.5, 0.6) is 11.6 Å². The number of anilines is 1. The largest absolute Gasteiger partial charge is 0.494 e. The number of carbonyl (C=O) groups is 2. The predicted molar refractivity (Wildman–Crippen MR) is 143 cm³/mol. The van der Waals surface area contributed by atoms with Crippen LogP contribution in [0, 0.1) is 13.8 Å². The molecule has 0 bridgehead atoms. The molecule has 9 heteroatoms. The van der Waals surface area contributed by atoms with Crippen LogP contribution in [-0.4, -0.2) is 34.3 Å². The quantitative estimate of drug-likeness (QED) is 0.212. The number of carbonyl (C=O) groups excluding carboxylic acids is 2. The van der Waals surface area contributed by atoms with Gasteiger partial charge in [0.05, 0.1) is 24.1 Å². The van der Waals surface area contributed by atoms with Crippen molar-refractivity contribution < 1.29 is 19.4 Å². The minimum Gasteiger partial charge on any atom is -0.494 e. The fourth-order valence-electron chi connectivity index (χ4n) is 3.80. The molecule has 0 unspecified atom stereocenters. The van der Waals surface area contributed by atoms with E-state index in [0.29, 0.717) is 34.5 Å². The molecule has 0 saturated heterocycles. The van der Waals surface area contributed by atoms with Crippen LogP contribution in [0.4, 0.5) is 5.69 Å². The van der Waals surface area contributed by atoms with Gasteiger partial charge in [0, 0.05) is 16.5 Å². The zero-order chi connectivity index (χ0) is 26.5. The minimum absolute atomic E-state index is 0.193. The van der Waals surface area contributed by atoms with Gasteiger partial charge in [0.1, 0.15) is 5.75 Å². The number of nitrogens with zero attached hydrogens (tertiary/aromatic N) is 2. The van der Waals surface area contributed by atoms with E-state index in [-0.39, 0.29) is 11.4 Å². The third kappa shape index (κ3) is 5.35. The molecule has 0 fully saturated rings. The van der Waals surface area contributed by atoms with Crippen molar-refractivity contribution in [3.05, 3.63) is 93.8 Å². The van der Waals surface area contributed by atoms with Gasteiger partial charge in [-0.1, -0.05) is 24.3 Å². The first kappa shape index (κ1) is 25.2. The molecule has 0 saturated carbocycles. The third-order valence-corrected chi connectivity index (χ3v) is 5.84. The van der Waals surface area contributed by atoms with E-state index < -0.39 is 17.4 Å². The molecular formula is C28H26N4O5. The Bertz CT molecular complexity index is 1570. The summed E-state index contributed by atoms with van der Waals surface area (Å²) < 4.78 is 6.60.